The maximum atomic E-state index is 12.3. The molecule has 2 aliphatic rings. The van der Waals surface area contributed by atoms with E-state index < -0.39 is 5.91 Å². The summed E-state index contributed by atoms with van der Waals surface area (Å²) in [5.41, 5.74) is 0.886. The summed E-state index contributed by atoms with van der Waals surface area (Å²) in [6.07, 6.45) is 8.19. The van der Waals surface area contributed by atoms with Gasteiger partial charge in [-0.2, -0.15) is 0 Å². The molecular weight excluding hydrogens is 308 g/mol. The molecule has 24 heavy (non-hydrogen) atoms. The predicted octanol–water partition coefficient (Wildman–Crippen LogP) is 0.386. The van der Waals surface area contributed by atoms with Gasteiger partial charge in [0.05, 0.1) is 12.4 Å². The van der Waals surface area contributed by atoms with Gasteiger partial charge < -0.3 is 9.80 Å². The first-order valence-corrected chi connectivity index (χ1v) is 8.14. The van der Waals surface area contributed by atoms with Crippen LogP contribution in [0.15, 0.2) is 30.7 Å². The summed E-state index contributed by atoms with van der Waals surface area (Å²) >= 11 is 0. The van der Waals surface area contributed by atoms with Crippen LogP contribution in [0.25, 0.3) is 5.82 Å². The van der Waals surface area contributed by atoms with Gasteiger partial charge in [-0.15, -0.1) is 5.10 Å². The Kier molecular flexibility index (Phi) is 3.72. The van der Waals surface area contributed by atoms with Crippen molar-refractivity contribution in [1.29, 1.82) is 0 Å². The minimum Gasteiger partial charge on any atom is -0.330 e. The lowest BCUT2D eigenvalue weighted by atomic mass is 9.91. The number of hydrogen-bond donors (Lipinski definition) is 0. The van der Waals surface area contributed by atoms with Crippen LogP contribution in [-0.4, -0.2) is 60.7 Å². The van der Waals surface area contributed by atoms with Crippen molar-refractivity contribution in [2.24, 2.45) is 0 Å². The Bertz CT molecular complexity index is 738. The van der Waals surface area contributed by atoms with Crippen LogP contribution in [0.4, 0.5) is 0 Å². The molecule has 0 atom stereocenters. The fourth-order valence-electron chi connectivity index (χ4n) is 3.08. The third kappa shape index (κ3) is 2.64. The van der Waals surface area contributed by atoms with E-state index >= 15 is 0 Å². The van der Waals surface area contributed by atoms with E-state index in [0.29, 0.717) is 25.5 Å². The number of rotatable bonds is 4. The predicted molar refractivity (Wildman–Crippen MR) is 83.9 cm³/mol. The van der Waals surface area contributed by atoms with Gasteiger partial charge in [-0.25, -0.2) is 9.67 Å². The van der Waals surface area contributed by atoms with E-state index in [-0.39, 0.29) is 11.9 Å². The normalized spacial score (nSPS) is 18.8. The number of nitrogens with zero attached hydrogens (tertiary/aromatic N) is 6. The van der Waals surface area contributed by atoms with Crippen LogP contribution < -0.4 is 0 Å². The standard InChI is InChI=1S/C16H18N6O2/c23-15-16(24)21(13-2-1-3-13)9-8-20(15)11-12-4-5-14(17-10-12)22-7-6-18-19-22/h4-7,10,13H,1-3,8-9,11H2. The van der Waals surface area contributed by atoms with E-state index in [9.17, 15) is 9.59 Å². The van der Waals surface area contributed by atoms with Gasteiger partial charge in [0, 0.05) is 31.9 Å². The summed E-state index contributed by atoms with van der Waals surface area (Å²) in [6.45, 7) is 1.60. The van der Waals surface area contributed by atoms with Crippen LogP contribution in [0, 0.1) is 0 Å². The van der Waals surface area contributed by atoms with E-state index in [4.69, 9.17) is 0 Å². The molecule has 3 heterocycles. The van der Waals surface area contributed by atoms with E-state index in [1.54, 1.807) is 33.1 Å². The lowest BCUT2D eigenvalue weighted by Crippen LogP contribution is -2.58. The molecular formula is C16H18N6O2. The largest absolute Gasteiger partial charge is 0.330 e. The number of carbonyl (C=O) groups is 2. The van der Waals surface area contributed by atoms with Crippen LogP contribution >= 0.6 is 0 Å². The average molecular weight is 326 g/mol. The highest BCUT2D eigenvalue weighted by molar-refractivity contribution is 6.35. The molecule has 1 aliphatic carbocycles. The molecule has 1 saturated heterocycles. The Labute approximate surface area is 139 Å². The van der Waals surface area contributed by atoms with Crippen molar-refractivity contribution in [3.8, 4) is 5.82 Å². The van der Waals surface area contributed by atoms with Gasteiger partial charge in [0.1, 0.15) is 0 Å². The zero-order valence-corrected chi connectivity index (χ0v) is 13.2. The van der Waals surface area contributed by atoms with Gasteiger partial charge in [0.2, 0.25) is 0 Å². The maximum absolute atomic E-state index is 12.3. The number of piperazine rings is 1. The molecule has 2 aromatic heterocycles. The molecule has 1 aliphatic heterocycles. The molecule has 2 aromatic rings. The smallest absolute Gasteiger partial charge is 0.312 e. The monoisotopic (exact) mass is 326 g/mol. The summed E-state index contributed by atoms with van der Waals surface area (Å²) in [5.74, 6) is -0.111. The number of aromatic nitrogens is 4. The lowest BCUT2D eigenvalue weighted by Gasteiger charge is -2.42. The van der Waals surface area contributed by atoms with Gasteiger partial charge in [0.15, 0.2) is 5.82 Å². The maximum Gasteiger partial charge on any atom is 0.312 e. The second-order valence-corrected chi connectivity index (χ2v) is 6.18. The highest BCUT2D eigenvalue weighted by atomic mass is 16.2. The summed E-state index contributed by atoms with van der Waals surface area (Å²) in [4.78, 5) is 32.3. The molecule has 0 aromatic carbocycles. The average Bonchev–Trinajstić information content (AvgIpc) is 3.08. The quantitative estimate of drug-likeness (QED) is 0.759. The van der Waals surface area contributed by atoms with Crippen molar-refractivity contribution in [3.05, 3.63) is 36.3 Å². The molecule has 0 radical (unpaired) electrons. The van der Waals surface area contributed by atoms with Gasteiger partial charge in [-0.1, -0.05) is 11.3 Å². The number of hydrogen-bond acceptors (Lipinski definition) is 5. The molecule has 8 heteroatoms. The second kappa shape index (κ2) is 6.03. The Balaban J connectivity index is 1.42. The van der Waals surface area contributed by atoms with Crippen LogP contribution in [0.3, 0.4) is 0 Å². The van der Waals surface area contributed by atoms with Crippen LogP contribution in [0.5, 0.6) is 0 Å². The van der Waals surface area contributed by atoms with E-state index in [0.717, 1.165) is 24.8 Å². The van der Waals surface area contributed by atoms with Gasteiger partial charge >= 0.3 is 11.8 Å². The van der Waals surface area contributed by atoms with Crippen molar-refractivity contribution >= 4 is 11.8 Å². The molecule has 2 amide bonds. The molecule has 0 N–H and O–H groups in total. The molecule has 0 unspecified atom stereocenters. The molecule has 1 saturated carbocycles. The fraction of sp³-hybridized carbons (Fsp3) is 0.438. The Morgan fingerprint density at radius 1 is 1.12 bits per heavy atom. The minimum absolute atomic E-state index is 0.271. The Morgan fingerprint density at radius 3 is 2.62 bits per heavy atom. The Morgan fingerprint density at radius 2 is 2.00 bits per heavy atom. The summed E-state index contributed by atoms with van der Waals surface area (Å²) in [5, 5.41) is 7.63. The van der Waals surface area contributed by atoms with Crippen molar-refractivity contribution in [1.82, 2.24) is 29.8 Å². The van der Waals surface area contributed by atoms with Crippen LogP contribution in [-0.2, 0) is 16.1 Å². The SMILES string of the molecule is O=C1C(=O)N(C2CCC2)CCN1Cc1ccc(-n2ccnn2)nc1. The highest BCUT2D eigenvalue weighted by Crippen LogP contribution is 2.26. The Hall–Kier alpha value is -2.77. The zero-order chi connectivity index (χ0) is 16.5. The molecule has 124 valence electrons. The molecule has 8 nitrogen and oxygen atoms in total. The summed E-state index contributed by atoms with van der Waals surface area (Å²) < 4.78 is 1.57. The van der Waals surface area contributed by atoms with Crippen LogP contribution in [0.2, 0.25) is 0 Å². The molecule has 0 spiro atoms. The highest BCUT2D eigenvalue weighted by Gasteiger charge is 2.38. The molecule has 0 bridgehead atoms. The van der Waals surface area contributed by atoms with E-state index in [1.807, 2.05) is 12.1 Å². The summed E-state index contributed by atoms with van der Waals surface area (Å²) in [6, 6.07) is 3.98. The molecule has 4 rings (SSSR count). The van der Waals surface area contributed by atoms with Crippen LogP contribution in [0.1, 0.15) is 24.8 Å². The first-order chi connectivity index (χ1) is 11.7. The third-order valence-electron chi connectivity index (χ3n) is 4.70. The van der Waals surface area contributed by atoms with Crippen molar-refractivity contribution in [3.63, 3.8) is 0 Å². The summed E-state index contributed by atoms with van der Waals surface area (Å²) in [7, 11) is 0. The lowest BCUT2D eigenvalue weighted by molar-refractivity contribution is -0.159. The number of pyridine rings is 1. The second-order valence-electron chi connectivity index (χ2n) is 6.18. The minimum atomic E-state index is -0.409. The van der Waals surface area contributed by atoms with Gasteiger partial charge in [-0.05, 0) is 30.9 Å². The third-order valence-corrected chi connectivity index (χ3v) is 4.70. The topological polar surface area (TPSA) is 84.2 Å². The fourth-order valence-corrected chi connectivity index (χ4v) is 3.08. The van der Waals surface area contributed by atoms with E-state index in [1.165, 1.54) is 0 Å². The number of amides is 2. The first-order valence-electron chi connectivity index (χ1n) is 8.14. The van der Waals surface area contributed by atoms with E-state index in [2.05, 4.69) is 15.3 Å². The van der Waals surface area contributed by atoms with Gasteiger partial charge in [-0.3, -0.25) is 9.59 Å². The zero-order valence-electron chi connectivity index (χ0n) is 13.2. The van der Waals surface area contributed by atoms with Crippen molar-refractivity contribution < 1.29 is 9.59 Å². The van der Waals surface area contributed by atoms with Crippen molar-refractivity contribution in [2.45, 2.75) is 31.8 Å². The first kappa shape index (κ1) is 14.8. The van der Waals surface area contributed by atoms with Crippen molar-refractivity contribution in [2.75, 3.05) is 13.1 Å². The molecule has 2 fully saturated rings. The number of carbonyl (C=O) groups excluding carboxylic acids is 2. The van der Waals surface area contributed by atoms with Gasteiger partial charge in [0.25, 0.3) is 0 Å².